The van der Waals surface area contributed by atoms with Gasteiger partial charge in [-0.1, -0.05) is 48.2 Å². The average Bonchev–Trinajstić information content (AvgIpc) is 2.68. The summed E-state index contributed by atoms with van der Waals surface area (Å²) in [5.74, 6) is -0.168. The second-order valence-corrected chi connectivity index (χ2v) is 8.10. The smallest absolute Gasteiger partial charge is 0.340 e. The van der Waals surface area contributed by atoms with Gasteiger partial charge in [0.05, 0.1) is 12.2 Å². The number of carbonyl (C=O) groups is 1. The van der Waals surface area contributed by atoms with Gasteiger partial charge in [0.1, 0.15) is 11.4 Å². The molecule has 2 aliphatic rings. The Balaban J connectivity index is 1.57. The molecule has 4 rings (SSSR count). The van der Waals surface area contributed by atoms with Crippen LogP contribution in [-0.4, -0.2) is 29.8 Å². The SMILES string of the molecule is Cc1ccccc1C(=O)O[C@@H]1C[C@H]2CSC(N)=N[C@@]2(c2ccccc2F)CO1. The Bertz CT molecular complexity index is 935. The molecule has 0 spiro atoms. The highest BCUT2D eigenvalue weighted by Crippen LogP contribution is 2.46. The molecule has 146 valence electrons. The maximum absolute atomic E-state index is 14.6. The van der Waals surface area contributed by atoms with E-state index in [-0.39, 0.29) is 18.3 Å². The number of amidine groups is 1. The molecule has 0 aliphatic carbocycles. The number of nitrogens with zero attached hydrogens (tertiary/aromatic N) is 1. The molecule has 1 fully saturated rings. The van der Waals surface area contributed by atoms with Crippen molar-refractivity contribution in [3.8, 4) is 0 Å². The van der Waals surface area contributed by atoms with Crippen LogP contribution < -0.4 is 5.73 Å². The van der Waals surface area contributed by atoms with Gasteiger partial charge in [-0.15, -0.1) is 0 Å². The fourth-order valence-electron chi connectivity index (χ4n) is 3.81. The molecule has 5 nitrogen and oxygen atoms in total. The van der Waals surface area contributed by atoms with E-state index < -0.39 is 17.8 Å². The molecule has 0 aromatic heterocycles. The molecule has 0 radical (unpaired) electrons. The van der Waals surface area contributed by atoms with Crippen LogP contribution in [-0.2, 0) is 15.0 Å². The van der Waals surface area contributed by atoms with E-state index in [1.54, 1.807) is 30.3 Å². The van der Waals surface area contributed by atoms with Gasteiger partial charge in [-0.2, -0.15) is 0 Å². The molecule has 1 saturated heterocycles. The first-order valence-corrected chi connectivity index (χ1v) is 10.1. The lowest BCUT2D eigenvalue weighted by Crippen LogP contribution is -2.51. The summed E-state index contributed by atoms with van der Waals surface area (Å²) in [5, 5.41) is 0.415. The number of benzene rings is 2. The maximum Gasteiger partial charge on any atom is 0.340 e. The molecule has 3 atom stereocenters. The van der Waals surface area contributed by atoms with Gasteiger partial charge in [-0.3, -0.25) is 0 Å². The molecule has 0 saturated carbocycles. The van der Waals surface area contributed by atoms with Crippen molar-refractivity contribution in [2.45, 2.75) is 25.2 Å². The minimum Gasteiger partial charge on any atom is -0.432 e. The standard InChI is InChI=1S/C21H21FN2O3S/c1-13-6-2-3-7-15(13)19(25)27-18-10-14-11-28-20(23)24-21(14,12-26-18)16-8-4-5-9-17(16)22/h2-9,14,18H,10-12H2,1H3,(H2,23,24)/t14-,18+,21-/m0/s1. The quantitative estimate of drug-likeness (QED) is 0.797. The zero-order valence-electron chi connectivity index (χ0n) is 15.4. The number of hydrogen-bond donors (Lipinski definition) is 1. The number of ether oxygens (including phenoxy) is 2. The van der Waals surface area contributed by atoms with E-state index in [1.165, 1.54) is 17.8 Å². The summed E-state index contributed by atoms with van der Waals surface area (Å²) in [4.78, 5) is 17.1. The van der Waals surface area contributed by atoms with E-state index in [9.17, 15) is 9.18 Å². The van der Waals surface area contributed by atoms with Gasteiger partial charge in [0.25, 0.3) is 0 Å². The third kappa shape index (κ3) is 3.40. The minimum atomic E-state index is -0.897. The molecule has 2 aromatic rings. The van der Waals surface area contributed by atoms with Crippen LogP contribution in [0.5, 0.6) is 0 Å². The second kappa shape index (κ2) is 7.56. The van der Waals surface area contributed by atoms with Crippen LogP contribution in [0.4, 0.5) is 4.39 Å². The third-order valence-corrected chi connectivity index (χ3v) is 6.28. The normalized spacial score (nSPS) is 26.9. The van der Waals surface area contributed by atoms with Gasteiger partial charge in [-0.25, -0.2) is 14.2 Å². The highest BCUT2D eigenvalue weighted by molar-refractivity contribution is 8.13. The maximum atomic E-state index is 14.6. The predicted octanol–water partition coefficient (Wildman–Crippen LogP) is 3.61. The number of fused-ring (bicyclic) bond motifs is 1. The number of aliphatic imine (C=N–C) groups is 1. The van der Waals surface area contributed by atoms with Gasteiger partial charge in [0, 0.05) is 23.7 Å². The summed E-state index contributed by atoms with van der Waals surface area (Å²) in [5.41, 5.74) is 6.89. The van der Waals surface area contributed by atoms with Crippen LogP contribution >= 0.6 is 11.8 Å². The summed E-state index contributed by atoms with van der Waals surface area (Å²) < 4.78 is 26.0. The molecular weight excluding hydrogens is 379 g/mol. The highest BCUT2D eigenvalue weighted by atomic mass is 32.2. The Hall–Kier alpha value is -2.38. The van der Waals surface area contributed by atoms with Crippen molar-refractivity contribution >= 4 is 22.9 Å². The first-order valence-electron chi connectivity index (χ1n) is 9.11. The molecule has 0 unspecified atom stereocenters. The number of nitrogens with two attached hydrogens (primary N) is 1. The highest BCUT2D eigenvalue weighted by Gasteiger charge is 2.50. The number of hydrogen-bond acceptors (Lipinski definition) is 6. The van der Waals surface area contributed by atoms with Gasteiger partial charge in [0.2, 0.25) is 6.29 Å². The van der Waals surface area contributed by atoms with E-state index in [0.29, 0.717) is 28.5 Å². The first-order chi connectivity index (χ1) is 13.5. The van der Waals surface area contributed by atoms with Crippen LogP contribution in [0.1, 0.15) is 27.9 Å². The van der Waals surface area contributed by atoms with Crippen molar-refractivity contribution in [3.05, 3.63) is 71.0 Å². The number of thioether (sulfide) groups is 1. The summed E-state index contributed by atoms with van der Waals surface area (Å²) in [6, 6.07) is 13.8. The lowest BCUT2D eigenvalue weighted by atomic mass is 9.76. The van der Waals surface area contributed by atoms with E-state index in [1.807, 2.05) is 19.1 Å². The van der Waals surface area contributed by atoms with Crippen LogP contribution in [0.25, 0.3) is 0 Å². The van der Waals surface area contributed by atoms with Gasteiger partial charge in [0.15, 0.2) is 5.17 Å². The van der Waals surface area contributed by atoms with Gasteiger partial charge in [-0.05, 0) is 24.6 Å². The molecule has 2 N–H and O–H groups in total. The fourth-order valence-corrected chi connectivity index (χ4v) is 4.83. The molecular formula is C21H21FN2O3S. The minimum absolute atomic E-state index is 0.0647. The summed E-state index contributed by atoms with van der Waals surface area (Å²) in [6.45, 7) is 1.96. The molecule has 2 heterocycles. The van der Waals surface area contributed by atoms with E-state index in [0.717, 1.165) is 5.56 Å². The third-order valence-electron chi connectivity index (χ3n) is 5.33. The van der Waals surface area contributed by atoms with Crippen LogP contribution in [0.2, 0.25) is 0 Å². The molecule has 7 heteroatoms. The summed E-state index contributed by atoms with van der Waals surface area (Å²) in [7, 11) is 0. The number of carbonyl (C=O) groups excluding carboxylic acids is 1. The molecule has 0 bridgehead atoms. The molecule has 28 heavy (non-hydrogen) atoms. The fraction of sp³-hybridized carbons (Fsp3) is 0.333. The first kappa shape index (κ1) is 19.0. The van der Waals surface area contributed by atoms with Crippen LogP contribution in [0.15, 0.2) is 53.5 Å². The molecule has 2 aromatic carbocycles. The topological polar surface area (TPSA) is 73.9 Å². The molecule has 0 amide bonds. The van der Waals surface area contributed by atoms with Crippen molar-refractivity contribution in [1.82, 2.24) is 0 Å². The van der Waals surface area contributed by atoms with Crippen molar-refractivity contribution in [2.24, 2.45) is 16.6 Å². The number of halogens is 1. The number of rotatable bonds is 3. The predicted molar refractivity (Wildman–Crippen MR) is 107 cm³/mol. The average molecular weight is 400 g/mol. The van der Waals surface area contributed by atoms with Crippen molar-refractivity contribution in [2.75, 3.05) is 12.4 Å². The van der Waals surface area contributed by atoms with E-state index >= 15 is 0 Å². The van der Waals surface area contributed by atoms with Crippen molar-refractivity contribution in [1.29, 1.82) is 0 Å². The Labute approximate surface area is 167 Å². The van der Waals surface area contributed by atoms with Crippen LogP contribution in [0, 0.1) is 18.7 Å². The monoisotopic (exact) mass is 400 g/mol. The Morgan fingerprint density at radius 3 is 2.82 bits per heavy atom. The largest absolute Gasteiger partial charge is 0.432 e. The Morgan fingerprint density at radius 1 is 1.29 bits per heavy atom. The summed E-state index contributed by atoms with van der Waals surface area (Å²) >= 11 is 1.43. The lowest BCUT2D eigenvalue weighted by molar-refractivity contribution is -0.167. The second-order valence-electron chi connectivity index (χ2n) is 7.06. The zero-order valence-corrected chi connectivity index (χ0v) is 16.2. The summed E-state index contributed by atoms with van der Waals surface area (Å²) in [6.07, 6.45) is -0.275. The van der Waals surface area contributed by atoms with Gasteiger partial charge >= 0.3 is 5.97 Å². The number of esters is 1. The van der Waals surface area contributed by atoms with E-state index in [2.05, 4.69) is 4.99 Å². The molecule has 2 aliphatic heterocycles. The number of aryl methyl sites for hydroxylation is 1. The lowest BCUT2D eigenvalue weighted by Gasteiger charge is -2.45. The van der Waals surface area contributed by atoms with E-state index in [4.69, 9.17) is 15.2 Å². The Morgan fingerprint density at radius 2 is 2.04 bits per heavy atom. The Kier molecular flexibility index (Phi) is 5.12. The van der Waals surface area contributed by atoms with Crippen molar-refractivity contribution < 1.29 is 18.7 Å². The zero-order chi connectivity index (χ0) is 19.7. The van der Waals surface area contributed by atoms with Crippen LogP contribution in [0.3, 0.4) is 0 Å². The van der Waals surface area contributed by atoms with Gasteiger partial charge < -0.3 is 15.2 Å². The van der Waals surface area contributed by atoms with Crippen molar-refractivity contribution in [3.63, 3.8) is 0 Å².